The number of hydrogen-bond acceptors (Lipinski definition) is 3. The van der Waals surface area contributed by atoms with E-state index in [2.05, 4.69) is 4.98 Å². The molecule has 1 atom stereocenters. The number of alkyl halides is 1. The molecule has 1 aromatic carbocycles. The molecule has 24 heavy (non-hydrogen) atoms. The number of aromatic carboxylic acids is 1. The van der Waals surface area contributed by atoms with Gasteiger partial charge < -0.3 is 9.84 Å². The summed E-state index contributed by atoms with van der Waals surface area (Å²) in [4.78, 5) is 15.2. The van der Waals surface area contributed by atoms with Crippen LogP contribution in [0.25, 0.3) is 16.3 Å². The van der Waals surface area contributed by atoms with E-state index in [1.807, 2.05) is 0 Å². The fraction of sp³-hybridized carbons (Fsp3) is 0.176. The van der Waals surface area contributed by atoms with Gasteiger partial charge in [-0.2, -0.15) is 0 Å². The van der Waals surface area contributed by atoms with Crippen molar-refractivity contribution in [2.45, 2.75) is 12.6 Å². The number of carboxylic acid groups (broad SMARTS) is 1. The van der Waals surface area contributed by atoms with E-state index in [4.69, 9.17) is 21.4 Å². The van der Waals surface area contributed by atoms with Crippen LogP contribution in [-0.4, -0.2) is 29.3 Å². The van der Waals surface area contributed by atoms with Crippen molar-refractivity contribution in [3.63, 3.8) is 0 Å². The Hall–Kier alpha value is -2.47. The van der Waals surface area contributed by atoms with Crippen LogP contribution in [0.1, 0.15) is 22.5 Å². The van der Waals surface area contributed by atoms with Crippen molar-refractivity contribution >= 4 is 33.9 Å². The van der Waals surface area contributed by atoms with Crippen LogP contribution >= 0.6 is 11.6 Å². The number of aromatic nitrogens is 1. The second kappa shape index (κ2) is 6.20. The lowest BCUT2D eigenvalue weighted by Crippen LogP contribution is -2.13. The number of allylic oxidation sites excluding steroid dienone is 4. The summed E-state index contributed by atoms with van der Waals surface area (Å²) in [5.41, 5.74) is -0.220. The molecule has 3 rings (SSSR count). The second-order valence-electron chi connectivity index (χ2n) is 5.27. The highest BCUT2D eigenvalue weighted by Crippen LogP contribution is 2.38. The number of fused-ring (bicyclic) bond motifs is 1. The summed E-state index contributed by atoms with van der Waals surface area (Å²) in [6, 6.07) is 4.19. The van der Waals surface area contributed by atoms with Crippen LogP contribution in [0.15, 0.2) is 42.1 Å². The monoisotopic (exact) mass is 351 g/mol. The minimum absolute atomic E-state index is 0.0202. The van der Waals surface area contributed by atoms with Crippen molar-refractivity contribution in [2.75, 3.05) is 7.11 Å². The summed E-state index contributed by atoms with van der Waals surface area (Å²) in [7, 11) is 1.34. The molecule has 0 aliphatic heterocycles. The standard InChI is InChI=1S/C17H12ClF2NO3/c1-24-9-5-13(19)15(14(20)6-9)16-11-4-8(17(22)23)2-3-10(11)12(18)7-21-16/h2-5,7,14H,6H2,1H3,(H,22,23). The topological polar surface area (TPSA) is 59.4 Å². The highest BCUT2D eigenvalue weighted by Gasteiger charge is 2.28. The molecule has 0 saturated carbocycles. The third-order valence-electron chi connectivity index (χ3n) is 3.84. The van der Waals surface area contributed by atoms with E-state index in [9.17, 15) is 13.6 Å². The molecular weight excluding hydrogens is 340 g/mol. The van der Waals surface area contributed by atoms with E-state index in [0.717, 1.165) is 6.08 Å². The van der Waals surface area contributed by atoms with Crippen LogP contribution in [0.5, 0.6) is 0 Å². The number of rotatable bonds is 3. The van der Waals surface area contributed by atoms with Crippen molar-refractivity contribution in [1.29, 1.82) is 0 Å². The van der Waals surface area contributed by atoms with Crippen molar-refractivity contribution in [3.8, 4) is 0 Å². The maximum atomic E-state index is 14.5. The Morgan fingerprint density at radius 2 is 2.17 bits per heavy atom. The molecular formula is C17H12ClF2NO3. The molecule has 1 aromatic heterocycles. The lowest BCUT2D eigenvalue weighted by Gasteiger charge is -2.20. The van der Waals surface area contributed by atoms with Gasteiger partial charge in [0.2, 0.25) is 0 Å². The summed E-state index contributed by atoms with van der Waals surface area (Å²) in [6.45, 7) is 0. The van der Waals surface area contributed by atoms with Gasteiger partial charge in [-0.3, -0.25) is 4.98 Å². The molecule has 4 nitrogen and oxygen atoms in total. The fourth-order valence-electron chi connectivity index (χ4n) is 2.67. The van der Waals surface area contributed by atoms with Crippen LogP contribution in [0.4, 0.5) is 8.78 Å². The minimum Gasteiger partial charge on any atom is -0.501 e. The zero-order chi connectivity index (χ0) is 17.4. The summed E-state index contributed by atoms with van der Waals surface area (Å²) < 4.78 is 33.8. The predicted octanol–water partition coefficient (Wildman–Crippen LogP) is 4.54. The molecule has 7 heteroatoms. The van der Waals surface area contributed by atoms with Gasteiger partial charge in [-0.05, 0) is 12.1 Å². The first kappa shape index (κ1) is 16.4. The Morgan fingerprint density at radius 3 is 2.79 bits per heavy atom. The smallest absolute Gasteiger partial charge is 0.335 e. The molecule has 0 fully saturated rings. The van der Waals surface area contributed by atoms with Gasteiger partial charge in [-0.15, -0.1) is 0 Å². The first-order valence-electron chi connectivity index (χ1n) is 7.02. The normalized spacial score (nSPS) is 17.8. The predicted molar refractivity (Wildman–Crippen MR) is 86.3 cm³/mol. The Labute approximate surface area is 141 Å². The molecule has 1 unspecified atom stereocenters. The summed E-state index contributed by atoms with van der Waals surface area (Å²) >= 11 is 6.07. The SMILES string of the molecule is COC1=CC(F)=C(c2ncc(Cl)c3ccc(C(=O)O)cc23)C(F)C1. The lowest BCUT2D eigenvalue weighted by molar-refractivity contribution is 0.0697. The Kier molecular flexibility index (Phi) is 4.24. The number of ether oxygens (including phenoxy) is 1. The van der Waals surface area contributed by atoms with E-state index in [-0.39, 0.29) is 39.4 Å². The van der Waals surface area contributed by atoms with Crippen LogP contribution in [0, 0.1) is 0 Å². The van der Waals surface area contributed by atoms with Gasteiger partial charge in [0.25, 0.3) is 0 Å². The van der Waals surface area contributed by atoms with Gasteiger partial charge in [0.15, 0.2) is 0 Å². The number of carbonyl (C=O) groups is 1. The van der Waals surface area contributed by atoms with Gasteiger partial charge in [-0.25, -0.2) is 13.6 Å². The number of carboxylic acids is 1. The van der Waals surface area contributed by atoms with Crippen LogP contribution in [-0.2, 0) is 4.74 Å². The second-order valence-corrected chi connectivity index (χ2v) is 5.68. The zero-order valence-corrected chi connectivity index (χ0v) is 13.3. The number of pyridine rings is 1. The third kappa shape index (κ3) is 2.73. The molecule has 124 valence electrons. The Morgan fingerprint density at radius 1 is 1.42 bits per heavy atom. The number of hydrogen-bond donors (Lipinski definition) is 1. The molecule has 2 aromatic rings. The van der Waals surface area contributed by atoms with Gasteiger partial charge in [-0.1, -0.05) is 17.7 Å². The molecule has 0 saturated heterocycles. The average Bonchev–Trinajstić information content (AvgIpc) is 2.55. The van der Waals surface area contributed by atoms with Gasteiger partial charge in [0, 0.05) is 35.0 Å². The van der Waals surface area contributed by atoms with Crippen molar-refractivity contribution in [1.82, 2.24) is 4.98 Å². The Bertz CT molecular complexity index is 908. The van der Waals surface area contributed by atoms with Crippen molar-refractivity contribution < 1.29 is 23.4 Å². The number of methoxy groups -OCH3 is 1. The van der Waals surface area contributed by atoms with Crippen molar-refractivity contribution in [3.05, 3.63) is 58.3 Å². The highest BCUT2D eigenvalue weighted by atomic mass is 35.5. The summed E-state index contributed by atoms with van der Waals surface area (Å²) in [6.07, 6.45) is 0.621. The number of halogens is 3. The summed E-state index contributed by atoms with van der Waals surface area (Å²) in [5.74, 6) is -1.77. The molecule has 1 heterocycles. The van der Waals surface area contributed by atoms with E-state index >= 15 is 0 Å². The number of nitrogens with zero attached hydrogens (tertiary/aromatic N) is 1. The van der Waals surface area contributed by atoms with Gasteiger partial charge in [0.1, 0.15) is 17.8 Å². The molecule has 0 radical (unpaired) electrons. The number of benzene rings is 1. The largest absolute Gasteiger partial charge is 0.501 e. The molecule has 0 amide bonds. The molecule has 1 aliphatic carbocycles. The minimum atomic E-state index is -1.66. The van der Waals surface area contributed by atoms with E-state index in [1.54, 1.807) is 0 Å². The summed E-state index contributed by atoms with van der Waals surface area (Å²) in [5, 5.41) is 10.2. The first-order chi connectivity index (χ1) is 11.4. The quantitative estimate of drug-likeness (QED) is 0.882. The van der Waals surface area contributed by atoms with E-state index < -0.39 is 18.0 Å². The van der Waals surface area contributed by atoms with Crippen LogP contribution in [0.3, 0.4) is 0 Å². The van der Waals surface area contributed by atoms with Gasteiger partial charge >= 0.3 is 5.97 Å². The van der Waals surface area contributed by atoms with Gasteiger partial charge in [0.05, 0.1) is 23.4 Å². The third-order valence-corrected chi connectivity index (χ3v) is 4.14. The maximum Gasteiger partial charge on any atom is 0.335 e. The van der Waals surface area contributed by atoms with Crippen molar-refractivity contribution in [2.24, 2.45) is 0 Å². The van der Waals surface area contributed by atoms with E-state index in [1.165, 1.54) is 31.5 Å². The first-order valence-corrected chi connectivity index (χ1v) is 7.40. The lowest BCUT2D eigenvalue weighted by atomic mass is 9.93. The molecule has 0 spiro atoms. The molecule has 0 bridgehead atoms. The molecule has 1 aliphatic rings. The van der Waals surface area contributed by atoms with E-state index in [0.29, 0.717) is 5.39 Å². The maximum absolute atomic E-state index is 14.5. The highest BCUT2D eigenvalue weighted by molar-refractivity contribution is 6.35. The zero-order valence-electron chi connectivity index (χ0n) is 12.5. The average molecular weight is 352 g/mol. The fourth-order valence-corrected chi connectivity index (χ4v) is 2.88. The van der Waals surface area contributed by atoms with Crippen LogP contribution in [0.2, 0.25) is 5.02 Å². The molecule has 1 N–H and O–H groups in total. The Balaban J connectivity index is 2.30. The van der Waals surface area contributed by atoms with Crippen LogP contribution < -0.4 is 0 Å².